The van der Waals surface area contributed by atoms with Crippen LogP contribution in [0.3, 0.4) is 0 Å². The van der Waals surface area contributed by atoms with Crippen molar-refractivity contribution in [2.75, 3.05) is 0 Å². The molecule has 1 aromatic rings. The number of fused-ring (bicyclic) bond motifs is 1. The van der Waals surface area contributed by atoms with Gasteiger partial charge in [0.25, 0.3) is 0 Å². The molecule has 0 bridgehead atoms. The zero-order valence-electron chi connectivity index (χ0n) is 12.0. The van der Waals surface area contributed by atoms with Crippen molar-refractivity contribution in [3.63, 3.8) is 0 Å². The fourth-order valence-corrected chi connectivity index (χ4v) is 3.15. The molecule has 1 aromatic heterocycles. The molecule has 0 unspecified atom stereocenters. The fraction of sp³-hybridized carbons (Fsp3) is 0.667. The second-order valence-electron chi connectivity index (χ2n) is 5.77. The van der Waals surface area contributed by atoms with Crippen LogP contribution in [-0.4, -0.2) is 26.7 Å². The minimum atomic E-state index is 0.182. The van der Waals surface area contributed by atoms with Crippen LogP contribution >= 0.6 is 0 Å². The lowest BCUT2D eigenvalue weighted by atomic mass is 10.0. The molecule has 0 saturated carbocycles. The highest BCUT2D eigenvalue weighted by Crippen LogP contribution is 2.21. The molecule has 1 N–H and O–H groups in total. The lowest BCUT2D eigenvalue weighted by Crippen LogP contribution is -2.41. The summed E-state index contributed by atoms with van der Waals surface area (Å²) in [7, 11) is 0. The molecule has 0 saturated heterocycles. The molecule has 0 spiro atoms. The highest BCUT2D eigenvalue weighted by molar-refractivity contribution is 5.76. The molecular weight excluding hydrogens is 252 g/mol. The summed E-state index contributed by atoms with van der Waals surface area (Å²) in [4.78, 5) is 12.1. The quantitative estimate of drug-likeness (QED) is 0.849. The van der Waals surface area contributed by atoms with Gasteiger partial charge in [-0.2, -0.15) is 0 Å². The van der Waals surface area contributed by atoms with E-state index in [1.807, 2.05) is 0 Å². The second-order valence-corrected chi connectivity index (χ2v) is 5.77. The number of hydrogen-bond acceptors (Lipinski definition) is 3. The first-order chi connectivity index (χ1) is 9.76. The van der Waals surface area contributed by atoms with E-state index in [1.54, 1.807) is 0 Å². The van der Waals surface area contributed by atoms with Crippen LogP contribution in [0.4, 0.5) is 0 Å². The number of rotatable bonds is 4. The van der Waals surface area contributed by atoms with Crippen molar-refractivity contribution >= 4 is 5.91 Å². The van der Waals surface area contributed by atoms with E-state index in [0.29, 0.717) is 12.3 Å². The predicted molar refractivity (Wildman–Crippen MR) is 76.1 cm³/mol. The molecule has 5 heteroatoms. The van der Waals surface area contributed by atoms with Gasteiger partial charge in [-0.1, -0.05) is 19.1 Å². The van der Waals surface area contributed by atoms with E-state index in [9.17, 15) is 4.79 Å². The lowest BCUT2D eigenvalue weighted by Gasteiger charge is -2.25. The van der Waals surface area contributed by atoms with Gasteiger partial charge in [-0.05, 0) is 25.2 Å². The molecule has 20 heavy (non-hydrogen) atoms. The average molecular weight is 274 g/mol. The Labute approximate surface area is 119 Å². The standard InChI is InChI=1S/C15H22N4O/c1-2-13-17-18-14-8-7-12(10-19(13)14)16-15(20)9-11-5-3-4-6-11/h3,5,11-12H,2,4,6-10H2,1H3,(H,16,20)/t11-,12+/m1/s1. The van der Waals surface area contributed by atoms with E-state index in [4.69, 9.17) is 0 Å². The summed E-state index contributed by atoms with van der Waals surface area (Å²) in [6.45, 7) is 2.91. The van der Waals surface area contributed by atoms with Gasteiger partial charge in [0.15, 0.2) is 0 Å². The summed E-state index contributed by atoms with van der Waals surface area (Å²) < 4.78 is 2.17. The van der Waals surface area contributed by atoms with Crippen molar-refractivity contribution in [3.8, 4) is 0 Å². The van der Waals surface area contributed by atoms with Crippen molar-refractivity contribution in [2.45, 2.75) is 58.0 Å². The highest BCUT2D eigenvalue weighted by atomic mass is 16.1. The summed E-state index contributed by atoms with van der Waals surface area (Å²) in [5.41, 5.74) is 0. The van der Waals surface area contributed by atoms with Crippen molar-refractivity contribution in [1.82, 2.24) is 20.1 Å². The Morgan fingerprint density at radius 2 is 2.35 bits per heavy atom. The Kier molecular flexibility index (Phi) is 3.85. The molecule has 1 aliphatic heterocycles. The molecule has 5 nitrogen and oxygen atoms in total. The van der Waals surface area contributed by atoms with Gasteiger partial charge in [0.1, 0.15) is 11.6 Å². The van der Waals surface area contributed by atoms with Crippen LogP contribution in [0, 0.1) is 5.92 Å². The largest absolute Gasteiger partial charge is 0.352 e. The van der Waals surface area contributed by atoms with Crippen LogP contribution in [0.25, 0.3) is 0 Å². The minimum absolute atomic E-state index is 0.182. The number of carbonyl (C=O) groups excluding carboxylic acids is 1. The number of carbonyl (C=O) groups is 1. The third kappa shape index (κ3) is 2.76. The molecule has 1 aliphatic carbocycles. The van der Waals surface area contributed by atoms with Crippen molar-refractivity contribution in [2.24, 2.45) is 5.92 Å². The normalized spacial score (nSPS) is 24.6. The first-order valence-electron chi connectivity index (χ1n) is 7.63. The Bertz CT molecular complexity index is 506. The first kappa shape index (κ1) is 13.3. The van der Waals surface area contributed by atoms with Crippen LogP contribution < -0.4 is 5.32 Å². The number of amides is 1. The summed E-state index contributed by atoms with van der Waals surface area (Å²) in [6, 6.07) is 0.224. The van der Waals surface area contributed by atoms with E-state index in [1.165, 1.54) is 0 Å². The van der Waals surface area contributed by atoms with Gasteiger partial charge in [-0.3, -0.25) is 4.79 Å². The number of hydrogen-bond donors (Lipinski definition) is 1. The second kappa shape index (κ2) is 5.77. The minimum Gasteiger partial charge on any atom is -0.352 e. The van der Waals surface area contributed by atoms with Crippen LogP contribution in [0.1, 0.15) is 44.3 Å². The van der Waals surface area contributed by atoms with Gasteiger partial charge in [-0.25, -0.2) is 0 Å². The predicted octanol–water partition coefficient (Wildman–Crippen LogP) is 1.63. The number of nitrogens with one attached hydrogen (secondary N) is 1. The summed E-state index contributed by atoms with van der Waals surface area (Å²) in [6.07, 6.45) is 9.97. The maximum atomic E-state index is 12.1. The Hall–Kier alpha value is -1.65. The maximum Gasteiger partial charge on any atom is 0.220 e. The van der Waals surface area contributed by atoms with Gasteiger partial charge >= 0.3 is 0 Å². The average Bonchev–Trinajstić information content (AvgIpc) is 3.07. The molecular formula is C15H22N4O. The number of aryl methyl sites for hydroxylation is 2. The van der Waals surface area contributed by atoms with Crippen LogP contribution in [0.5, 0.6) is 0 Å². The molecule has 0 fully saturated rings. The van der Waals surface area contributed by atoms with E-state index in [-0.39, 0.29) is 11.9 Å². The van der Waals surface area contributed by atoms with Crippen LogP contribution in [-0.2, 0) is 24.2 Å². The van der Waals surface area contributed by atoms with E-state index < -0.39 is 0 Å². The third-order valence-corrected chi connectivity index (χ3v) is 4.26. The van der Waals surface area contributed by atoms with Crippen molar-refractivity contribution in [3.05, 3.63) is 23.8 Å². The van der Waals surface area contributed by atoms with Gasteiger partial charge < -0.3 is 9.88 Å². The molecule has 0 radical (unpaired) electrons. The number of allylic oxidation sites excluding steroid dienone is 2. The first-order valence-corrected chi connectivity index (χ1v) is 7.63. The van der Waals surface area contributed by atoms with Crippen LogP contribution in [0.2, 0.25) is 0 Å². The molecule has 2 aliphatic rings. The summed E-state index contributed by atoms with van der Waals surface area (Å²) >= 11 is 0. The third-order valence-electron chi connectivity index (χ3n) is 4.26. The maximum absolute atomic E-state index is 12.1. The Balaban J connectivity index is 1.56. The van der Waals surface area contributed by atoms with Crippen LogP contribution in [0.15, 0.2) is 12.2 Å². The summed E-state index contributed by atoms with van der Waals surface area (Å²) in [5.74, 6) is 2.71. The number of aromatic nitrogens is 3. The molecule has 0 aromatic carbocycles. The molecule has 1 amide bonds. The molecule has 108 valence electrons. The lowest BCUT2D eigenvalue weighted by molar-refractivity contribution is -0.122. The van der Waals surface area contributed by atoms with Gasteiger partial charge in [-0.15, -0.1) is 10.2 Å². The smallest absolute Gasteiger partial charge is 0.220 e. The fourth-order valence-electron chi connectivity index (χ4n) is 3.15. The van der Waals surface area contributed by atoms with Gasteiger partial charge in [0.2, 0.25) is 5.91 Å². The van der Waals surface area contributed by atoms with E-state index in [0.717, 1.165) is 50.3 Å². The van der Waals surface area contributed by atoms with Crippen molar-refractivity contribution in [1.29, 1.82) is 0 Å². The zero-order chi connectivity index (χ0) is 13.9. The SMILES string of the molecule is CCc1nnc2n1C[C@@H](NC(=O)C[C@@H]1C=CCC1)CC2. The summed E-state index contributed by atoms with van der Waals surface area (Å²) in [5, 5.41) is 11.6. The van der Waals surface area contributed by atoms with Gasteiger partial charge in [0.05, 0.1) is 0 Å². The molecule has 2 heterocycles. The Morgan fingerprint density at radius 1 is 1.45 bits per heavy atom. The zero-order valence-corrected chi connectivity index (χ0v) is 12.0. The van der Waals surface area contributed by atoms with Crippen molar-refractivity contribution < 1.29 is 4.79 Å². The topological polar surface area (TPSA) is 59.8 Å². The highest BCUT2D eigenvalue weighted by Gasteiger charge is 2.24. The van der Waals surface area contributed by atoms with Gasteiger partial charge in [0, 0.05) is 31.8 Å². The molecule has 2 atom stereocenters. The molecule has 3 rings (SSSR count). The van der Waals surface area contributed by atoms with E-state index >= 15 is 0 Å². The number of nitrogens with zero attached hydrogens (tertiary/aromatic N) is 3. The van der Waals surface area contributed by atoms with E-state index in [2.05, 4.69) is 39.2 Å². The monoisotopic (exact) mass is 274 g/mol. The Morgan fingerprint density at radius 3 is 3.10 bits per heavy atom.